The van der Waals surface area contributed by atoms with Gasteiger partial charge in [0.1, 0.15) is 0 Å². The molecule has 6 nitrogen and oxygen atoms in total. The van der Waals surface area contributed by atoms with E-state index in [0.717, 1.165) is 63.2 Å². The Balaban J connectivity index is 1.13. The second kappa shape index (κ2) is 9.50. The van der Waals surface area contributed by atoms with Crippen LogP contribution in [0, 0.1) is 40.4 Å². The maximum absolute atomic E-state index is 13.1. The summed E-state index contributed by atoms with van der Waals surface area (Å²) >= 11 is 0. The lowest BCUT2D eigenvalue weighted by Crippen LogP contribution is -2.51. The standard InChI is InChI=1S/C31H47N3O3/c1-19-13-16-32-28(19)18-34(22-6-7-22)29(36)37-33-20(2)25-9-10-26-24-8-5-21-17-23(35)11-14-30(21,3)27(24)12-15-31(25,26)4/h17,19,22,24-28,32H,5-16,18H2,1-4H3/b33-20+/t19?,24-,25+,26-,27-,28?,30-,31+/m0/s1. The lowest BCUT2D eigenvalue weighted by molar-refractivity contribution is -0.117. The molecule has 0 aromatic carbocycles. The number of ketones is 1. The lowest BCUT2D eigenvalue weighted by atomic mass is 9.46. The van der Waals surface area contributed by atoms with Gasteiger partial charge in [0.15, 0.2) is 5.78 Å². The van der Waals surface area contributed by atoms with Crippen LogP contribution in [0.4, 0.5) is 4.79 Å². The minimum absolute atomic E-state index is 0.215. The molecule has 6 heteroatoms. The van der Waals surface area contributed by atoms with Gasteiger partial charge >= 0.3 is 6.09 Å². The van der Waals surface area contributed by atoms with Crippen LogP contribution in [0.15, 0.2) is 16.8 Å². The van der Waals surface area contributed by atoms with Crippen molar-refractivity contribution in [3.8, 4) is 0 Å². The highest BCUT2D eigenvalue weighted by Gasteiger charge is 2.59. The van der Waals surface area contributed by atoms with Gasteiger partial charge in [0.05, 0.1) is 5.71 Å². The van der Waals surface area contributed by atoms with Crippen LogP contribution >= 0.6 is 0 Å². The molecule has 8 atom stereocenters. The molecule has 0 aromatic heterocycles. The molecule has 6 aliphatic rings. The Kier molecular flexibility index (Phi) is 6.57. The average Bonchev–Trinajstić information content (AvgIpc) is 3.53. The second-order valence-electron chi connectivity index (χ2n) is 13.9. The fraction of sp³-hybridized carbons (Fsp3) is 0.839. The van der Waals surface area contributed by atoms with E-state index >= 15 is 0 Å². The number of amides is 1. The molecule has 5 aliphatic carbocycles. The van der Waals surface area contributed by atoms with Crippen LogP contribution in [-0.2, 0) is 9.63 Å². The molecular formula is C31H47N3O3. The molecule has 0 radical (unpaired) electrons. The van der Waals surface area contributed by atoms with Crippen LogP contribution < -0.4 is 5.32 Å². The minimum atomic E-state index is -0.266. The Morgan fingerprint density at radius 2 is 1.89 bits per heavy atom. The number of rotatable bonds is 5. The number of allylic oxidation sites excluding steroid dienone is 1. The monoisotopic (exact) mass is 509 g/mol. The van der Waals surface area contributed by atoms with Crippen LogP contribution in [-0.4, -0.2) is 47.7 Å². The molecule has 204 valence electrons. The largest absolute Gasteiger partial charge is 0.436 e. The second-order valence-corrected chi connectivity index (χ2v) is 13.9. The molecule has 1 N–H and O–H groups in total. The first kappa shape index (κ1) is 25.6. The maximum Gasteiger partial charge on any atom is 0.436 e. The van der Waals surface area contributed by atoms with Crippen molar-refractivity contribution in [1.82, 2.24) is 10.2 Å². The van der Waals surface area contributed by atoms with Gasteiger partial charge in [-0.25, -0.2) is 4.79 Å². The van der Waals surface area contributed by atoms with E-state index in [1.807, 2.05) is 11.0 Å². The van der Waals surface area contributed by atoms with Crippen molar-refractivity contribution < 1.29 is 14.4 Å². The summed E-state index contributed by atoms with van der Waals surface area (Å²) in [6.45, 7) is 11.1. The van der Waals surface area contributed by atoms with Gasteiger partial charge in [0.2, 0.25) is 0 Å². The molecule has 0 bridgehead atoms. The van der Waals surface area contributed by atoms with E-state index in [-0.39, 0.29) is 16.9 Å². The molecule has 1 amide bonds. The maximum atomic E-state index is 13.1. The predicted molar refractivity (Wildman–Crippen MR) is 145 cm³/mol. The van der Waals surface area contributed by atoms with Crippen LogP contribution in [0.1, 0.15) is 98.3 Å². The molecule has 0 spiro atoms. The van der Waals surface area contributed by atoms with E-state index in [9.17, 15) is 9.59 Å². The van der Waals surface area contributed by atoms with Gasteiger partial charge in [-0.1, -0.05) is 31.5 Å². The van der Waals surface area contributed by atoms with Gasteiger partial charge in [0, 0.05) is 31.0 Å². The summed E-state index contributed by atoms with van der Waals surface area (Å²) in [5.74, 6) is 3.45. The fourth-order valence-electron chi connectivity index (χ4n) is 9.59. The van der Waals surface area contributed by atoms with Crippen molar-refractivity contribution >= 4 is 17.6 Å². The van der Waals surface area contributed by atoms with Gasteiger partial charge in [-0.3, -0.25) is 9.63 Å². The molecule has 1 saturated heterocycles. The first-order valence-corrected chi connectivity index (χ1v) is 15.2. The predicted octanol–water partition coefficient (Wildman–Crippen LogP) is 6.11. The smallest absolute Gasteiger partial charge is 0.312 e. The molecule has 2 unspecified atom stereocenters. The molecule has 4 saturated carbocycles. The van der Waals surface area contributed by atoms with Gasteiger partial charge in [-0.15, -0.1) is 0 Å². The van der Waals surface area contributed by atoms with E-state index in [2.05, 4.69) is 38.2 Å². The summed E-state index contributed by atoms with van der Waals surface area (Å²) in [5, 5.41) is 8.08. The van der Waals surface area contributed by atoms with Crippen molar-refractivity contribution in [1.29, 1.82) is 0 Å². The minimum Gasteiger partial charge on any atom is -0.312 e. The number of fused-ring (bicyclic) bond motifs is 5. The SMILES string of the molecule is C/C(=N\OC(=O)N(CC1NCCC1C)C1CC1)[C@H]1CC[C@H]2[C@@H]3CCC4=CC(=O)CC[C@]4(C)[C@H]3CC[C@]12C. The first-order chi connectivity index (χ1) is 17.7. The third-order valence-electron chi connectivity index (χ3n) is 12.0. The van der Waals surface area contributed by atoms with Crippen LogP contribution in [0.2, 0.25) is 0 Å². The Hall–Kier alpha value is -1.69. The summed E-state index contributed by atoms with van der Waals surface area (Å²) in [4.78, 5) is 32.8. The van der Waals surface area contributed by atoms with Crippen molar-refractivity contribution in [2.24, 2.45) is 45.6 Å². The zero-order chi connectivity index (χ0) is 25.9. The van der Waals surface area contributed by atoms with Gasteiger partial charge < -0.3 is 10.2 Å². The lowest BCUT2D eigenvalue weighted by Gasteiger charge is -2.58. The van der Waals surface area contributed by atoms with E-state index in [0.29, 0.717) is 41.5 Å². The summed E-state index contributed by atoms with van der Waals surface area (Å²) in [5.41, 5.74) is 2.89. The number of nitrogens with zero attached hydrogens (tertiary/aromatic N) is 2. The molecule has 5 fully saturated rings. The summed E-state index contributed by atoms with van der Waals surface area (Å²) < 4.78 is 0. The van der Waals surface area contributed by atoms with Crippen LogP contribution in [0.25, 0.3) is 0 Å². The summed E-state index contributed by atoms with van der Waals surface area (Å²) in [6, 6.07) is 0.681. The van der Waals surface area contributed by atoms with E-state index in [1.165, 1.54) is 37.7 Å². The topological polar surface area (TPSA) is 71.0 Å². The van der Waals surface area contributed by atoms with Gasteiger partial charge in [-0.05, 0) is 118 Å². The van der Waals surface area contributed by atoms with E-state index < -0.39 is 0 Å². The van der Waals surface area contributed by atoms with E-state index in [1.54, 1.807) is 0 Å². The number of nitrogens with one attached hydrogen (secondary N) is 1. The highest BCUT2D eigenvalue weighted by molar-refractivity contribution is 5.91. The Bertz CT molecular complexity index is 1000. The first-order valence-electron chi connectivity index (χ1n) is 15.2. The number of hydrogen-bond donors (Lipinski definition) is 1. The third-order valence-corrected chi connectivity index (χ3v) is 12.0. The Labute approximate surface area is 223 Å². The molecule has 0 aromatic rings. The third kappa shape index (κ3) is 4.39. The summed E-state index contributed by atoms with van der Waals surface area (Å²) in [6.07, 6.45) is 14.0. The van der Waals surface area contributed by atoms with Crippen molar-refractivity contribution in [2.45, 2.75) is 110 Å². The highest BCUT2D eigenvalue weighted by atomic mass is 16.7. The molecule has 37 heavy (non-hydrogen) atoms. The van der Waals surface area contributed by atoms with Crippen LogP contribution in [0.5, 0.6) is 0 Å². The fourth-order valence-corrected chi connectivity index (χ4v) is 9.59. The Morgan fingerprint density at radius 3 is 2.62 bits per heavy atom. The number of hydrogen-bond acceptors (Lipinski definition) is 5. The quantitative estimate of drug-likeness (QED) is 0.276. The van der Waals surface area contributed by atoms with Crippen LogP contribution in [0.3, 0.4) is 0 Å². The van der Waals surface area contributed by atoms with Gasteiger partial charge in [0.25, 0.3) is 0 Å². The van der Waals surface area contributed by atoms with Crippen molar-refractivity contribution in [3.05, 3.63) is 11.6 Å². The Morgan fingerprint density at radius 1 is 1.08 bits per heavy atom. The summed E-state index contributed by atoms with van der Waals surface area (Å²) in [7, 11) is 0. The van der Waals surface area contributed by atoms with E-state index in [4.69, 9.17) is 4.84 Å². The zero-order valence-electron chi connectivity index (χ0n) is 23.4. The normalized spacial score (nSPS) is 43.5. The van der Waals surface area contributed by atoms with Crippen molar-refractivity contribution in [2.75, 3.05) is 13.1 Å². The molecule has 6 rings (SSSR count). The molecule has 1 aliphatic heterocycles. The molecular weight excluding hydrogens is 462 g/mol. The zero-order valence-corrected chi connectivity index (χ0v) is 23.4. The number of carbonyl (C=O) groups excluding carboxylic acids is 2. The average molecular weight is 510 g/mol. The molecule has 1 heterocycles. The highest BCUT2D eigenvalue weighted by Crippen LogP contribution is 2.66. The van der Waals surface area contributed by atoms with Crippen molar-refractivity contribution in [3.63, 3.8) is 0 Å². The number of carbonyl (C=O) groups is 2. The van der Waals surface area contributed by atoms with Gasteiger partial charge in [-0.2, -0.15) is 0 Å². The number of oxime groups is 1.